The molecule has 1 atom stereocenters. The normalized spacial score (nSPS) is 18.5. The minimum Gasteiger partial charge on any atom is -0.356 e. The molecule has 1 unspecified atom stereocenters. The van der Waals surface area contributed by atoms with Gasteiger partial charge in [-0.05, 0) is 43.2 Å². The molecular formula is C18H20ClN3O3S. The Morgan fingerprint density at radius 1 is 1.35 bits per heavy atom. The van der Waals surface area contributed by atoms with E-state index in [9.17, 15) is 13.2 Å². The highest BCUT2D eigenvalue weighted by atomic mass is 35.5. The van der Waals surface area contributed by atoms with Crippen molar-refractivity contribution in [2.45, 2.75) is 19.4 Å². The molecule has 0 aliphatic carbocycles. The van der Waals surface area contributed by atoms with Crippen molar-refractivity contribution in [2.75, 3.05) is 28.8 Å². The Balaban J connectivity index is 1.78. The fourth-order valence-corrected chi connectivity index (χ4v) is 4.91. The van der Waals surface area contributed by atoms with Gasteiger partial charge in [-0.15, -0.1) is 0 Å². The highest BCUT2D eigenvalue weighted by Crippen LogP contribution is 2.25. The fourth-order valence-electron chi connectivity index (χ4n) is 2.96. The number of anilines is 2. The van der Waals surface area contributed by atoms with E-state index in [2.05, 4.69) is 10.3 Å². The zero-order valence-corrected chi connectivity index (χ0v) is 16.1. The van der Waals surface area contributed by atoms with Gasteiger partial charge in [-0.1, -0.05) is 17.7 Å². The number of sulfone groups is 1. The van der Waals surface area contributed by atoms with Gasteiger partial charge in [0.1, 0.15) is 5.82 Å². The molecular weight excluding hydrogens is 374 g/mol. The third-order valence-electron chi connectivity index (χ3n) is 4.64. The van der Waals surface area contributed by atoms with Crippen LogP contribution in [0.15, 0.2) is 36.5 Å². The highest BCUT2D eigenvalue weighted by molar-refractivity contribution is 7.91. The summed E-state index contributed by atoms with van der Waals surface area (Å²) >= 11 is 6.09. The van der Waals surface area contributed by atoms with Crippen molar-refractivity contribution in [3.05, 3.63) is 52.7 Å². The molecule has 0 saturated carbocycles. The van der Waals surface area contributed by atoms with Gasteiger partial charge >= 0.3 is 0 Å². The van der Waals surface area contributed by atoms with Gasteiger partial charge in [-0.25, -0.2) is 13.4 Å². The maximum absolute atomic E-state index is 12.6. The molecule has 3 rings (SSSR count). The summed E-state index contributed by atoms with van der Waals surface area (Å²) in [5, 5.41) is 3.43. The van der Waals surface area contributed by atoms with Crippen molar-refractivity contribution in [2.24, 2.45) is 0 Å². The minimum atomic E-state index is -2.99. The number of aromatic nitrogens is 1. The van der Waals surface area contributed by atoms with Crippen LogP contribution in [0.25, 0.3) is 0 Å². The van der Waals surface area contributed by atoms with Crippen LogP contribution in [0.5, 0.6) is 0 Å². The van der Waals surface area contributed by atoms with E-state index in [0.717, 1.165) is 5.56 Å². The molecule has 8 heteroatoms. The molecule has 2 aromatic rings. The van der Waals surface area contributed by atoms with E-state index in [-0.39, 0.29) is 23.5 Å². The van der Waals surface area contributed by atoms with E-state index in [1.807, 2.05) is 11.8 Å². The fraction of sp³-hybridized carbons (Fsp3) is 0.333. The Bertz CT molecular complexity index is 946. The molecule has 1 aromatic carbocycles. The van der Waals surface area contributed by atoms with Gasteiger partial charge in [0.25, 0.3) is 5.91 Å². The van der Waals surface area contributed by atoms with Crippen molar-refractivity contribution in [3.63, 3.8) is 0 Å². The Hall–Kier alpha value is -2.12. The lowest BCUT2D eigenvalue weighted by Gasteiger charge is -2.24. The summed E-state index contributed by atoms with van der Waals surface area (Å²) in [5.41, 5.74) is 1.89. The lowest BCUT2D eigenvalue weighted by atomic mass is 10.1. The second kappa shape index (κ2) is 7.25. The summed E-state index contributed by atoms with van der Waals surface area (Å²) in [5.74, 6) is 0.605. The Morgan fingerprint density at radius 3 is 2.81 bits per heavy atom. The van der Waals surface area contributed by atoms with Gasteiger partial charge in [0.2, 0.25) is 0 Å². The Kier molecular flexibility index (Phi) is 5.20. The largest absolute Gasteiger partial charge is 0.356 e. The highest BCUT2D eigenvalue weighted by Gasteiger charge is 2.31. The summed E-state index contributed by atoms with van der Waals surface area (Å²) < 4.78 is 23.4. The van der Waals surface area contributed by atoms with E-state index in [0.29, 0.717) is 28.5 Å². The number of nitrogens with zero attached hydrogens (tertiary/aromatic N) is 2. The molecule has 138 valence electrons. The van der Waals surface area contributed by atoms with Crippen molar-refractivity contribution in [3.8, 4) is 0 Å². The molecule has 1 amide bonds. The number of hydrogen-bond donors (Lipinski definition) is 1. The monoisotopic (exact) mass is 393 g/mol. The number of rotatable bonds is 4. The topological polar surface area (TPSA) is 79.4 Å². The lowest BCUT2D eigenvalue weighted by Crippen LogP contribution is -2.33. The predicted octanol–water partition coefficient (Wildman–Crippen LogP) is 2.92. The van der Waals surface area contributed by atoms with Crippen LogP contribution < -0.4 is 10.2 Å². The summed E-state index contributed by atoms with van der Waals surface area (Å²) in [6.45, 7) is 1.84. The molecule has 0 radical (unpaired) electrons. The molecule has 1 aromatic heterocycles. The van der Waals surface area contributed by atoms with E-state index in [4.69, 9.17) is 11.6 Å². The number of amides is 1. The van der Waals surface area contributed by atoms with Crippen LogP contribution in [0.3, 0.4) is 0 Å². The first-order valence-corrected chi connectivity index (χ1v) is 10.4. The second-order valence-corrected chi connectivity index (χ2v) is 9.07. The smallest absolute Gasteiger partial charge is 0.255 e. The van der Waals surface area contributed by atoms with E-state index in [1.165, 1.54) is 0 Å². The van der Waals surface area contributed by atoms with Gasteiger partial charge in [-0.2, -0.15) is 0 Å². The maximum atomic E-state index is 12.6. The van der Waals surface area contributed by atoms with E-state index < -0.39 is 9.84 Å². The van der Waals surface area contributed by atoms with Crippen LogP contribution in [0.1, 0.15) is 22.3 Å². The number of carbonyl (C=O) groups is 1. The number of halogens is 1. The summed E-state index contributed by atoms with van der Waals surface area (Å²) in [7, 11) is -1.18. The number of carbonyl (C=O) groups excluding carboxylic acids is 1. The molecule has 2 heterocycles. The molecule has 1 saturated heterocycles. The van der Waals surface area contributed by atoms with Crippen LogP contribution in [-0.2, 0) is 9.84 Å². The molecule has 0 bridgehead atoms. The standard InChI is InChI=1S/C18H20ClN3O3S/c1-12-15(19)4-3-5-16(12)21-18(23)13-6-8-20-17(10-13)22(2)14-7-9-26(24,25)11-14/h3-6,8,10,14H,7,9,11H2,1-2H3,(H,21,23). The number of pyridine rings is 1. The molecule has 0 spiro atoms. The average Bonchev–Trinajstić information content (AvgIpc) is 2.98. The zero-order chi connectivity index (χ0) is 18.9. The molecule has 26 heavy (non-hydrogen) atoms. The van der Waals surface area contributed by atoms with Crippen LogP contribution in [0, 0.1) is 6.92 Å². The molecule has 6 nitrogen and oxygen atoms in total. The van der Waals surface area contributed by atoms with Crippen molar-refractivity contribution in [1.82, 2.24) is 4.98 Å². The number of nitrogens with one attached hydrogen (secondary N) is 1. The van der Waals surface area contributed by atoms with Crippen LogP contribution in [0.4, 0.5) is 11.5 Å². The van der Waals surface area contributed by atoms with Crippen LogP contribution >= 0.6 is 11.6 Å². The second-order valence-electron chi connectivity index (χ2n) is 6.44. The van der Waals surface area contributed by atoms with Crippen molar-refractivity contribution in [1.29, 1.82) is 0 Å². The van der Waals surface area contributed by atoms with Gasteiger partial charge in [0.15, 0.2) is 9.84 Å². The SMILES string of the molecule is Cc1c(Cl)cccc1NC(=O)c1ccnc(N(C)C2CCS(=O)(=O)C2)c1. The number of hydrogen-bond acceptors (Lipinski definition) is 5. The zero-order valence-electron chi connectivity index (χ0n) is 14.6. The summed E-state index contributed by atoms with van der Waals surface area (Å²) in [6, 6.07) is 8.49. The van der Waals surface area contributed by atoms with Gasteiger partial charge < -0.3 is 10.2 Å². The van der Waals surface area contributed by atoms with Gasteiger partial charge in [0.05, 0.1) is 11.5 Å². The first kappa shape index (κ1) is 18.7. The summed E-state index contributed by atoms with van der Waals surface area (Å²) in [6.07, 6.45) is 2.12. The third kappa shape index (κ3) is 3.99. The molecule has 1 aliphatic rings. The van der Waals surface area contributed by atoms with Gasteiger partial charge in [0, 0.05) is 35.6 Å². The van der Waals surface area contributed by atoms with Gasteiger partial charge in [-0.3, -0.25) is 4.79 Å². The Morgan fingerprint density at radius 2 is 2.12 bits per heavy atom. The van der Waals surface area contributed by atoms with Crippen LogP contribution in [-0.4, -0.2) is 43.9 Å². The van der Waals surface area contributed by atoms with E-state index >= 15 is 0 Å². The maximum Gasteiger partial charge on any atom is 0.255 e. The molecule has 1 N–H and O–H groups in total. The van der Waals surface area contributed by atoms with Crippen molar-refractivity contribution < 1.29 is 13.2 Å². The quantitative estimate of drug-likeness (QED) is 0.863. The molecule has 1 aliphatic heterocycles. The Labute approximate surface area is 158 Å². The number of benzene rings is 1. The third-order valence-corrected chi connectivity index (χ3v) is 6.80. The minimum absolute atomic E-state index is 0.114. The summed E-state index contributed by atoms with van der Waals surface area (Å²) in [4.78, 5) is 18.7. The van der Waals surface area contributed by atoms with E-state index in [1.54, 1.807) is 43.6 Å². The average molecular weight is 394 g/mol. The first-order chi connectivity index (χ1) is 12.3. The predicted molar refractivity (Wildman–Crippen MR) is 104 cm³/mol. The van der Waals surface area contributed by atoms with Crippen LogP contribution in [0.2, 0.25) is 5.02 Å². The van der Waals surface area contributed by atoms with Crippen molar-refractivity contribution >= 4 is 38.9 Å². The lowest BCUT2D eigenvalue weighted by molar-refractivity contribution is 0.102. The first-order valence-electron chi connectivity index (χ1n) is 8.22. The molecule has 1 fully saturated rings.